The van der Waals surface area contributed by atoms with Crippen molar-refractivity contribution in [2.45, 2.75) is 0 Å². The molecule has 0 aliphatic heterocycles. The summed E-state index contributed by atoms with van der Waals surface area (Å²) in [5, 5.41) is 0. The summed E-state index contributed by atoms with van der Waals surface area (Å²) in [7, 11) is 0. The summed E-state index contributed by atoms with van der Waals surface area (Å²) in [6.07, 6.45) is 0. The van der Waals surface area contributed by atoms with Crippen LogP contribution in [0.3, 0.4) is 0 Å². The van der Waals surface area contributed by atoms with Crippen molar-refractivity contribution >= 4 is 45.5 Å². The van der Waals surface area contributed by atoms with Crippen LogP contribution in [0.2, 0.25) is 0 Å². The minimum Gasteiger partial charge on any atom is 0 e. The molecule has 0 fully saturated rings. The summed E-state index contributed by atoms with van der Waals surface area (Å²) < 4.78 is 0. The van der Waals surface area contributed by atoms with Crippen LogP contribution in [0.15, 0.2) is 0 Å². The molecular weight excluding hydrogens is 341 g/mol. The summed E-state index contributed by atoms with van der Waals surface area (Å²) >= 11 is 0. The molecule has 0 amide bonds. The molecule has 0 rings (SSSR count). The molecule has 0 atom stereocenters. The Morgan fingerprint density at radius 2 is 1.00 bits per heavy atom. The van der Waals surface area contributed by atoms with Gasteiger partial charge in [-0.3, -0.25) is 0 Å². The van der Waals surface area contributed by atoms with Crippen LogP contribution in [0.5, 0.6) is 0 Å². The predicted octanol–water partition coefficient (Wildman–Crippen LogP) is -0.386. The average molecular weight is 341 g/mol. The Bertz CT molecular complexity index is 8.00. The SMILES string of the molecule is [Co].[Fe].[La].[Sr]. The number of hydrogen-bond acceptors (Lipinski definition) is 0. The van der Waals surface area contributed by atoms with E-state index in [0.717, 1.165) is 0 Å². The summed E-state index contributed by atoms with van der Waals surface area (Å²) in [6, 6.07) is 0. The monoisotopic (exact) mass is 342 g/mol. The van der Waals surface area contributed by atoms with Crippen LogP contribution in [-0.2, 0) is 33.8 Å². The van der Waals surface area contributed by atoms with Crippen LogP contribution in [0.25, 0.3) is 0 Å². The summed E-state index contributed by atoms with van der Waals surface area (Å²) in [5.41, 5.74) is 0. The van der Waals surface area contributed by atoms with Crippen molar-refractivity contribution in [2.75, 3.05) is 0 Å². The van der Waals surface area contributed by atoms with Gasteiger partial charge in [-0.1, -0.05) is 0 Å². The third kappa shape index (κ3) is 9.20. The molecule has 4 radical (unpaired) electrons. The third-order valence-corrected chi connectivity index (χ3v) is 0. The van der Waals surface area contributed by atoms with E-state index >= 15 is 0 Å². The van der Waals surface area contributed by atoms with E-state index in [1.54, 1.807) is 0 Å². The van der Waals surface area contributed by atoms with E-state index in [-0.39, 0.29) is 115 Å². The molecule has 22 valence electrons. The Morgan fingerprint density at radius 1 is 1.00 bits per heavy atom. The van der Waals surface area contributed by atoms with E-state index in [4.69, 9.17) is 0 Å². The molecule has 0 saturated heterocycles. The molecular formula is CoFeLaSr. The minimum absolute atomic E-state index is 0. The Hall–Kier alpha value is 3.70. The van der Waals surface area contributed by atoms with E-state index in [2.05, 4.69) is 0 Å². The van der Waals surface area contributed by atoms with Gasteiger partial charge in [0.2, 0.25) is 0 Å². The van der Waals surface area contributed by atoms with Crippen LogP contribution in [0.1, 0.15) is 0 Å². The van der Waals surface area contributed by atoms with Gasteiger partial charge in [0.1, 0.15) is 0 Å². The third-order valence-electron chi connectivity index (χ3n) is 0. The average Bonchev–Trinajstić information content (AvgIpc) is 0. The summed E-state index contributed by atoms with van der Waals surface area (Å²) in [5.74, 6) is 0. The molecule has 0 N–H and O–H groups in total. The standard InChI is InChI=1S/Co.Fe.La.Sr. The fraction of sp³-hybridized carbons (Fsp3) is 0. The van der Waals surface area contributed by atoms with Gasteiger partial charge in [-0.2, -0.15) is 0 Å². The van der Waals surface area contributed by atoms with E-state index in [9.17, 15) is 0 Å². The Morgan fingerprint density at radius 3 is 1.00 bits per heavy atom. The van der Waals surface area contributed by atoms with Gasteiger partial charge in [0.05, 0.1) is 0 Å². The van der Waals surface area contributed by atoms with Crippen LogP contribution < -0.4 is 0 Å². The van der Waals surface area contributed by atoms with Crippen molar-refractivity contribution < 1.29 is 69.4 Å². The molecule has 0 spiro atoms. The van der Waals surface area contributed by atoms with Gasteiger partial charge < -0.3 is 0 Å². The zero-order valence-corrected chi connectivity index (χ0v) is 11.2. The Balaban J connectivity index is 0. The zero-order chi connectivity index (χ0) is 0. The fourth-order valence-corrected chi connectivity index (χ4v) is 0. The largest absolute Gasteiger partial charge is 0 e. The second kappa shape index (κ2) is 15.9. The van der Waals surface area contributed by atoms with Crippen molar-refractivity contribution in [1.29, 1.82) is 0 Å². The van der Waals surface area contributed by atoms with E-state index < -0.39 is 0 Å². The van der Waals surface area contributed by atoms with Crippen LogP contribution >= 0.6 is 0 Å². The van der Waals surface area contributed by atoms with E-state index in [1.165, 1.54) is 0 Å². The quantitative estimate of drug-likeness (QED) is 0.527. The van der Waals surface area contributed by atoms with Crippen molar-refractivity contribution in [2.24, 2.45) is 0 Å². The molecule has 0 aromatic carbocycles. The first-order valence-corrected chi connectivity index (χ1v) is 0. The second-order valence-electron chi connectivity index (χ2n) is 0. The normalized spacial score (nSPS) is 0. The molecule has 0 aliphatic rings. The van der Waals surface area contributed by atoms with E-state index in [0.29, 0.717) is 0 Å². The number of hydrogen-bond donors (Lipinski definition) is 0. The van der Waals surface area contributed by atoms with Gasteiger partial charge in [0.15, 0.2) is 0 Å². The Kier molecular flexibility index (Phi) is 100. The molecule has 0 heterocycles. The first-order chi connectivity index (χ1) is 0. The van der Waals surface area contributed by atoms with Gasteiger partial charge in [-0.15, -0.1) is 0 Å². The maximum atomic E-state index is 0. The minimum atomic E-state index is 0. The van der Waals surface area contributed by atoms with Crippen molar-refractivity contribution in [1.82, 2.24) is 0 Å². The Labute approximate surface area is 112 Å². The van der Waals surface area contributed by atoms with Gasteiger partial charge >= 0.3 is 0 Å². The fourth-order valence-electron chi connectivity index (χ4n) is 0. The maximum Gasteiger partial charge on any atom is 0 e. The predicted molar refractivity (Wildman–Crippen MR) is 5.75 cm³/mol. The molecule has 4 heavy (non-hydrogen) atoms. The van der Waals surface area contributed by atoms with Crippen molar-refractivity contribution in [3.63, 3.8) is 0 Å². The van der Waals surface area contributed by atoms with E-state index in [1.807, 2.05) is 0 Å². The molecule has 0 saturated carbocycles. The van der Waals surface area contributed by atoms with Crippen LogP contribution in [0.4, 0.5) is 0 Å². The molecule has 0 nitrogen and oxygen atoms in total. The van der Waals surface area contributed by atoms with Crippen molar-refractivity contribution in [3.05, 3.63) is 0 Å². The van der Waals surface area contributed by atoms with Gasteiger partial charge in [0, 0.05) is 115 Å². The first-order valence-electron chi connectivity index (χ1n) is 0. The molecule has 0 unspecified atom stereocenters. The number of rotatable bonds is 0. The molecule has 4 heteroatoms. The van der Waals surface area contributed by atoms with Crippen LogP contribution in [-0.4, -0.2) is 45.5 Å². The first kappa shape index (κ1) is 25.2. The van der Waals surface area contributed by atoms with Gasteiger partial charge in [0.25, 0.3) is 0 Å². The second-order valence-corrected chi connectivity index (χ2v) is 0. The molecule has 0 aliphatic carbocycles. The smallest absolute Gasteiger partial charge is 0 e. The summed E-state index contributed by atoms with van der Waals surface area (Å²) in [6.45, 7) is 0. The van der Waals surface area contributed by atoms with Crippen LogP contribution in [0, 0.1) is 35.6 Å². The van der Waals surface area contributed by atoms with Gasteiger partial charge in [-0.25, -0.2) is 0 Å². The molecule has 0 aromatic heterocycles. The maximum absolute atomic E-state index is 0. The zero-order valence-electron chi connectivity index (χ0n) is 1.97. The molecule has 0 bridgehead atoms. The molecule has 0 aromatic rings. The summed E-state index contributed by atoms with van der Waals surface area (Å²) in [4.78, 5) is 0. The topological polar surface area (TPSA) is 0 Å². The van der Waals surface area contributed by atoms with Gasteiger partial charge in [-0.05, 0) is 0 Å². The van der Waals surface area contributed by atoms with Crippen molar-refractivity contribution in [3.8, 4) is 0 Å².